The number of thioether (sulfide) groups is 1. The molecule has 35 heavy (non-hydrogen) atoms. The Labute approximate surface area is 212 Å². The van der Waals surface area contributed by atoms with Crippen LogP contribution >= 0.6 is 23.4 Å². The standard InChI is InChI=1S/C26H24ClN3O4S/c1-2-17-6-5-7-19-18(15-29(24(17)19)16-23(31)28-10-12-34-13-11-28)14-22-25(32)30(26(33)35-22)21-9-4-3-8-20(21)27/h3-9,14-15H,2,10-13,16H2,1H3/b22-14-. The van der Waals surface area contributed by atoms with Gasteiger partial charge in [-0.05, 0) is 42.0 Å². The van der Waals surface area contributed by atoms with Crippen molar-refractivity contribution in [3.8, 4) is 0 Å². The summed E-state index contributed by atoms with van der Waals surface area (Å²) in [7, 11) is 0. The number of nitrogens with zero attached hydrogens (tertiary/aromatic N) is 3. The predicted octanol–water partition coefficient (Wildman–Crippen LogP) is 4.96. The van der Waals surface area contributed by atoms with Gasteiger partial charge in [-0.15, -0.1) is 0 Å². The summed E-state index contributed by atoms with van der Waals surface area (Å²) in [6.07, 6.45) is 4.43. The molecule has 2 fully saturated rings. The first-order valence-corrected chi connectivity index (χ1v) is 12.7. The van der Waals surface area contributed by atoms with E-state index in [-0.39, 0.29) is 12.5 Å². The minimum Gasteiger partial charge on any atom is -0.378 e. The van der Waals surface area contributed by atoms with E-state index in [4.69, 9.17) is 16.3 Å². The fourth-order valence-corrected chi connectivity index (χ4v) is 5.54. The summed E-state index contributed by atoms with van der Waals surface area (Å²) >= 11 is 7.13. The third-order valence-electron chi connectivity index (χ3n) is 6.24. The van der Waals surface area contributed by atoms with E-state index in [0.717, 1.165) is 45.1 Å². The number of halogens is 1. The number of morpholine rings is 1. The van der Waals surface area contributed by atoms with E-state index in [1.165, 1.54) is 0 Å². The second-order valence-corrected chi connectivity index (χ2v) is 9.74. The van der Waals surface area contributed by atoms with Crippen molar-refractivity contribution >= 4 is 63.1 Å². The highest BCUT2D eigenvalue weighted by Crippen LogP contribution is 2.39. The second kappa shape index (κ2) is 9.89. The summed E-state index contributed by atoms with van der Waals surface area (Å²) < 4.78 is 7.32. The highest BCUT2D eigenvalue weighted by molar-refractivity contribution is 8.19. The van der Waals surface area contributed by atoms with E-state index in [2.05, 4.69) is 6.92 Å². The number of aryl methyl sites for hydroxylation is 1. The lowest BCUT2D eigenvalue weighted by Crippen LogP contribution is -2.42. The van der Waals surface area contributed by atoms with E-state index in [9.17, 15) is 14.4 Å². The van der Waals surface area contributed by atoms with Crippen molar-refractivity contribution in [3.05, 3.63) is 69.7 Å². The van der Waals surface area contributed by atoms with Crippen LogP contribution in [0.3, 0.4) is 0 Å². The van der Waals surface area contributed by atoms with Crippen LogP contribution in [0.15, 0.2) is 53.6 Å². The normalized spacial score (nSPS) is 17.7. The summed E-state index contributed by atoms with van der Waals surface area (Å²) in [5.74, 6) is -0.383. The van der Waals surface area contributed by atoms with Gasteiger partial charge in [0.25, 0.3) is 11.1 Å². The molecule has 0 aliphatic carbocycles. The Balaban J connectivity index is 1.52. The lowest BCUT2D eigenvalue weighted by molar-refractivity contribution is -0.135. The van der Waals surface area contributed by atoms with Crippen LogP contribution in [-0.2, 0) is 27.3 Å². The van der Waals surface area contributed by atoms with Crippen molar-refractivity contribution in [2.45, 2.75) is 19.9 Å². The topological polar surface area (TPSA) is 71.9 Å². The predicted molar refractivity (Wildman–Crippen MR) is 139 cm³/mol. The van der Waals surface area contributed by atoms with E-state index in [0.29, 0.717) is 41.9 Å². The van der Waals surface area contributed by atoms with Gasteiger partial charge >= 0.3 is 0 Å². The van der Waals surface area contributed by atoms with Crippen LogP contribution in [0.25, 0.3) is 17.0 Å². The van der Waals surface area contributed by atoms with Gasteiger partial charge in [0.1, 0.15) is 6.54 Å². The van der Waals surface area contributed by atoms with Crippen LogP contribution in [0.2, 0.25) is 5.02 Å². The molecule has 0 unspecified atom stereocenters. The number of ether oxygens (including phenoxy) is 1. The number of benzene rings is 2. The van der Waals surface area contributed by atoms with Crippen molar-refractivity contribution in [2.75, 3.05) is 31.2 Å². The fraction of sp³-hybridized carbons (Fsp3) is 0.269. The molecule has 0 N–H and O–H groups in total. The molecule has 9 heteroatoms. The van der Waals surface area contributed by atoms with Gasteiger partial charge in [-0.3, -0.25) is 14.4 Å². The first-order chi connectivity index (χ1) is 17.0. The molecule has 7 nitrogen and oxygen atoms in total. The van der Waals surface area contributed by atoms with Gasteiger partial charge in [-0.2, -0.15) is 0 Å². The molecule has 180 valence electrons. The molecule has 0 saturated carbocycles. The summed E-state index contributed by atoms with van der Waals surface area (Å²) in [4.78, 5) is 42.2. The Kier molecular flexibility index (Phi) is 6.69. The Morgan fingerprint density at radius 3 is 2.63 bits per heavy atom. The van der Waals surface area contributed by atoms with Crippen LogP contribution < -0.4 is 4.90 Å². The highest BCUT2D eigenvalue weighted by atomic mass is 35.5. The number of carbonyl (C=O) groups is 3. The molecule has 3 heterocycles. The zero-order chi connectivity index (χ0) is 24.5. The molecule has 2 aromatic carbocycles. The fourth-order valence-electron chi connectivity index (χ4n) is 4.50. The third-order valence-corrected chi connectivity index (χ3v) is 7.43. The highest BCUT2D eigenvalue weighted by Gasteiger charge is 2.37. The van der Waals surface area contributed by atoms with Gasteiger partial charge in [0.05, 0.1) is 34.3 Å². The lowest BCUT2D eigenvalue weighted by atomic mass is 10.1. The number of hydrogen-bond donors (Lipinski definition) is 0. The lowest BCUT2D eigenvalue weighted by Gasteiger charge is -2.27. The van der Waals surface area contributed by atoms with Crippen molar-refractivity contribution in [3.63, 3.8) is 0 Å². The zero-order valence-electron chi connectivity index (χ0n) is 19.2. The van der Waals surface area contributed by atoms with E-state index in [1.54, 1.807) is 30.3 Å². The van der Waals surface area contributed by atoms with Crippen LogP contribution in [-0.4, -0.2) is 52.8 Å². The van der Waals surface area contributed by atoms with Crippen LogP contribution in [0.1, 0.15) is 18.1 Å². The Bertz CT molecular complexity index is 1360. The maximum absolute atomic E-state index is 13.2. The molecule has 0 spiro atoms. The molecule has 0 bridgehead atoms. The average molecular weight is 510 g/mol. The van der Waals surface area contributed by atoms with Crippen molar-refractivity contribution in [1.29, 1.82) is 0 Å². The van der Waals surface area contributed by atoms with Gasteiger partial charge in [0.2, 0.25) is 5.91 Å². The molecular weight excluding hydrogens is 486 g/mol. The molecule has 2 saturated heterocycles. The van der Waals surface area contributed by atoms with E-state index in [1.807, 2.05) is 33.9 Å². The maximum Gasteiger partial charge on any atom is 0.298 e. The first-order valence-electron chi connectivity index (χ1n) is 11.5. The smallest absolute Gasteiger partial charge is 0.298 e. The largest absolute Gasteiger partial charge is 0.378 e. The monoisotopic (exact) mass is 509 g/mol. The quantitative estimate of drug-likeness (QED) is 0.455. The van der Waals surface area contributed by atoms with Gasteiger partial charge in [0.15, 0.2) is 0 Å². The molecule has 3 amide bonds. The SMILES string of the molecule is CCc1cccc2c(/C=C3\SC(=O)N(c4ccccc4Cl)C3=O)cn(CC(=O)N3CCOCC3)c12. The van der Waals surface area contributed by atoms with Crippen molar-refractivity contribution in [1.82, 2.24) is 9.47 Å². The Hall–Kier alpha value is -3.07. The Morgan fingerprint density at radius 2 is 1.89 bits per heavy atom. The molecule has 2 aliphatic heterocycles. The maximum atomic E-state index is 13.2. The van der Waals surface area contributed by atoms with Gasteiger partial charge < -0.3 is 14.2 Å². The number of hydrogen-bond acceptors (Lipinski definition) is 5. The van der Waals surface area contributed by atoms with E-state index >= 15 is 0 Å². The molecule has 5 rings (SSSR count). The van der Waals surface area contributed by atoms with Crippen molar-refractivity contribution < 1.29 is 19.1 Å². The molecule has 1 aromatic heterocycles. The molecule has 3 aromatic rings. The average Bonchev–Trinajstić information content (AvgIpc) is 3.36. The van der Waals surface area contributed by atoms with Gasteiger partial charge in [-0.25, -0.2) is 4.90 Å². The zero-order valence-corrected chi connectivity index (χ0v) is 20.8. The van der Waals surface area contributed by atoms with Crippen LogP contribution in [0.4, 0.5) is 10.5 Å². The number of amides is 3. The molecule has 0 atom stereocenters. The number of aromatic nitrogens is 1. The summed E-state index contributed by atoms with van der Waals surface area (Å²) in [6, 6.07) is 12.8. The van der Waals surface area contributed by atoms with Crippen molar-refractivity contribution in [2.24, 2.45) is 0 Å². The second-order valence-electron chi connectivity index (χ2n) is 8.34. The van der Waals surface area contributed by atoms with E-state index < -0.39 is 11.1 Å². The third kappa shape index (κ3) is 4.49. The summed E-state index contributed by atoms with van der Waals surface area (Å²) in [6.45, 7) is 4.53. The number of anilines is 1. The number of carbonyl (C=O) groups excluding carboxylic acids is 3. The van der Waals surface area contributed by atoms with Crippen LogP contribution in [0, 0.1) is 0 Å². The number of para-hydroxylation sites is 2. The summed E-state index contributed by atoms with van der Waals surface area (Å²) in [5, 5.41) is 0.875. The Morgan fingerprint density at radius 1 is 1.11 bits per heavy atom. The minimum absolute atomic E-state index is 0.0294. The molecule has 0 radical (unpaired) electrons. The first kappa shape index (κ1) is 23.7. The van der Waals surface area contributed by atoms with Gasteiger partial charge in [-0.1, -0.05) is 48.9 Å². The van der Waals surface area contributed by atoms with Crippen LogP contribution in [0.5, 0.6) is 0 Å². The van der Waals surface area contributed by atoms with Gasteiger partial charge in [0, 0.05) is 30.2 Å². The number of fused-ring (bicyclic) bond motifs is 1. The minimum atomic E-state index is -0.412. The molecule has 2 aliphatic rings. The number of rotatable bonds is 5. The number of imide groups is 1. The summed E-state index contributed by atoms with van der Waals surface area (Å²) in [5.41, 5.74) is 3.23. The molecular formula is C26H24ClN3O4S.